The standard InChI is InChI=1S/C22H20N4OS/c1-2-27-19-12-10-16(11-13-19)15-23-26-21(24-25-22(26)28)14-18-8-5-7-17-6-3-4-9-20(17)18/h3-13,15H,2,14H2,1H3,(H,25,28)/b23-15-. The van der Waals surface area contributed by atoms with Crippen molar-refractivity contribution in [2.75, 3.05) is 6.61 Å². The van der Waals surface area contributed by atoms with Gasteiger partial charge < -0.3 is 4.74 Å². The van der Waals surface area contributed by atoms with E-state index in [1.54, 1.807) is 10.9 Å². The number of ether oxygens (including phenoxy) is 1. The van der Waals surface area contributed by atoms with Gasteiger partial charge in [-0.15, -0.1) is 0 Å². The molecule has 0 fully saturated rings. The number of aromatic amines is 1. The third kappa shape index (κ3) is 3.87. The number of H-pyrrole nitrogens is 1. The van der Waals surface area contributed by atoms with E-state index in [2.05, 4.69) is 45.6 Å². The fourth-order valence-electron chi connectivity index (χ4n) is 3.12. The van der Waals surface area contributed by atoms with Crippen LogP contribution in [0.3, 0.4) is 0 Å². The predicted molar refractivity (Wildman–Crippen MR) is 115 cm³/mol. The fraction of sp³-hybridized carbons (Fsp3) is 0.136. The van der Waals surface area contributed by atoms with Gasteiger partial charge in [-0.05, 0) is 65.3 Å². The summed E-state index contributed by atoms with van der Waals surface area (Å²) in [6, 6.07) is 22.4. The molecule has 3 aromatic carbocycles. The molecule has 5 nitrogen and oxygen atoms in total. The molecular weight excluding hydrogens is 368 g/mol. The number of benzene rings is 3. The fourth-order valence-corrected chi connectivity index (χ4v) is 3.31. The highest BCUT2D eigenvalue weighted by atomic mass is 32.1. The van der Waals surface area contributed by atoms with Gasteiger partial charge >= 0.3 is 0 Å². The van der Waals surface area contributed by atoms with E-state index in [9.17, 15) is 0 Å². The van der Waals surface area contributed by atoms with Gasteiger partial charge in [0.1, 0.15) is 5.75 Å². The number of nitrogens with zero attached hydrogens (tertiary/aromatic N) is 3. The molecule has 0 aliphatic carbocycles. The maximum atomic E-state index is 5.47. The number of hydrogen-bond acceptors (Lipinski definition) is 4. The zero-order valence-electron chi connectivity index (χ0n) is 15.5. The first-order valence-corrected chi connectivity index (χ1v) is 9.55. The van der Waals surface area contributed by atoms with Crippen LogP contribution in [-0.4, -0.2) is 27.7 Å². The normalized spacial score (nSPS) is 11.3. The molecule has 0 saturated heterocycles. The van der Waals surface area contributed by atoms with Crippen LogP contribution in [0.5, 0.6) is 5.75 Å². The Morgan fingerprint density at radius 1 is 1.07 bits per heavy atom. The summed E-state index contributed by atoms with van der Waals surface area (Å²) < 4.78 is 7.61. The first-order valence-electron chi connectivity index (χ1n) is 9.15. The van der Waals surface area contributed by atoms with Crippen LogP contribution in [0.15, 0.2) is 71.8 Å². The number of fused-ring (bicyclic) bond motifs is 1. The van der Waals surface area contributed by atoms with Crippen LogP contribution in [0.2, 0.25) is 0 Å². The average Bonchev–Trinajstić information content (AvgIpc) is 3.07. The summed E-state index contributed by atoms with van der Waals surface area (Å²) in [7, 11) is 0. The van der Waals surface area contributed by atoms with Crippen LogP contribution in [0.4, 0.5) is 0 Å². The van der Waals surface area contributed by atoms with Crippen molar-refractivity contribution in [1.29, 1.82) is 0 Å². The summed E-state index contributed by atoms with van der Waals surface area (Å²) in [5.74, 6) is 1.61. The summed E-state index contributed by atoms with van der Waals surface area (Å²) in [4.78, 5) is 0. The number of aromatic nitrogens is 3. The molecule has 28 heavy (non-hydrogen) atoms. The van der Waals surface area contributed by atoms with Crippen molar-refractivity contribution in [2.45, 2.75) is 13.3 Å². The number of hydrogen-bond donors (Lipinski definition) is 1. The first kappa shape index (κ1) is 18.1. The van der Waals surface area contributed by atoms with E-state index in [4.69, 9.17) is 17.0 Å². The van der Waals surface area contributed by atoms with Gasteiger partial charge in [0.25, 0.3) is 0 Å². The molecule has 0 aliphatic heterocycles. The summed E-state index contributed by atoms with van der Waals surface area (Å²) in [6.07, 6.45) is 2.41. The Bertz CT molecular complexity index is 1170. The monoisotopic (exact) mass is 388 g/mol. The van der Waals surface area contributed by atoms with Crippen molar-refractivity contribution in [2.24, 2.45) is 5.10 Å². The maximum Gasteiger partial charge on any atom is 0.216 e. The average molecular weight is 388 g/mol. The summed E-state index contributed by atoms with van der Waals surface area (Å²) in [5.41, 5.74) is 2.15. The molecular formula is C22H20N4OS. The molecule has 0 aliphatic rings. The SMILES string of the molecule is CCOc1ccc(/C=N\n2c(Cc3cccc4ccccc34)n[nH]c2=S)cc1. The topological polar surface area (TPSA) is 55.2 Å². The van der Waals surface area contributed by atoms with Crippen molar-refractivity contribution in [3.05, 3.63) is 88.5 Å². The van der Waals surface area contributed by atoms with Gasteiger partial charge in [-0.25, -0.2) is 0 Å². The molecule has 0 spiro atoms. The third-order valence-corrected chi connectivity index (χ3v) is 4.72. The van der Waals surface area contributed by atoms with Crippen LogP contribution < -0.4 is 4.74 Å². The van der Waals surface area contributed by atoms with E-state index in [1.807, 2.05) is 43.3 Å². The van der Waals surface area contributed by atoms with Gasteiger partial charge in [0, 0.05) is 6.42 Å². The summed E-state index contributed by atoms with van der Waals surface area (Å²) in [5, 5.41) is 14.2. The molecule has 1 N–H and O–H groups in total. The Morgan fingerprint density at radius 3 is 2.68 bits per heavy atom. The second kappa shape index (κ2) is 8.19. The molecule has 0 unspecified atom stereocenters. The smallest absolute Gasteiger partial charge is 0.216 e. The van der Waals surface area contributed by atoms with Crippen LogP contribution >= 0.6 is 12.2 Å². The van der Waals surface area contributed by atoms with Crippen molar-refractivity contribution in [3.63, 3.8) is 0 Å². The largest absolute Gasteiger partial charge is 0.494 e. The Hall–Kier alpha value is -3.25. The van der Waals surface area contributed by atoms with Crippen molar-refractivity contribution >= 4 is 29.2 Å². The Balaban J connectivity index is 1.61. The first-order chi connectivity index (χ1) is 13.7. The number of nitrogens with one attached hydrogen (secondary N) is 1. The third-order valence-electron chi connectivity index (χ3n) is 4.46. The molecule has 1 aromatic heterocycles. The summed E-state index contributed by atoms with van der Waals surface area (Å²) in [6.45, 7) is 2.61. The lowest BCUT2D eigenvalue weighted by Gasteiger charge is -2.06. The molecule has 0 atom stereocenters. The van der Waals surface area contributed by atoms with E-state index in [1.165, 1.54) is 16.3 Å². The van der Waals surface area contributed by atoms with E-state index >= 15 is 0 Å². The summed E-state index contributed by atoms with van der Waals surface area (Å²) >= 11 is 5.37. The minimum absolute atomic E-state index is 0.470. The Kier molecular flexibility index (Phi) is 5.30. The van der Waals surface area contributed by atoms with Crippen molar-refractivity contribution in [3.8, 4) is 5.75 Å². The molecule has 4 rings (SSSR count). The highest BCUT2D eigenvalue weighted by Crippen LogP contribution is 2.21. The minimum atomic E-state index is 0.470. The molecule has 0 bridgehead atoms. The van der Waals surface area contributed by atoms with Crippen molar-refractivity contribution < 1.29 is 4.74 Å². The van der Waals surface area contributed by atoms with Crippen LogP contribution in [0.1, 0.15) is 23.9 Å². The van der Waals surface area contributed by atoms with E-state index in [0.29, 0.717) is 17.8 Å². The second-order valence-corrected chi connectivity index (χ2v) is 6.71. The van der Waals surface area contributed by atoms with E-state index in [0.717, 1.165) is 17.1 Å². The van der Waals surface area contributed by atoms with Crippen molar-refractivity contribution in [1.82, 2.24) is 14.9 Å². The van der Waals surface area contributed by atoms with Gasteiger partial charge in [0.15, 0.2) is 5.82 Å². The molecule has 4 aromatic rings. The van der Waals surface area contributed by atoms with Gasteiger partial charge in [0.05, 0.1) is 12.8 Å². The molecule has 0 radical (unpaired) electrons. The molecule has 6 heteroatoms. The van der Waals surface area contributed by atoms with Crippen LogP contribution in [0.25, 0.3) is 10.8 Å². The predicted octanol–water partition coefficient (Wildman–Crippen LogP) is 4.97. The molecule has 0 saturated carbocycles. The van der Waals surface area contributed by atoms with Gasteiger partial charge in [-0.1, -0.05) is 42.5 Å². The maximum absolute atomic E-state index is 5.47. The molecule has 140 valence electrons. The van der Waals surface area contributed by atoms with E-state index in [-0.39, 0.29) is 0 Å². The zero-order valence-corrected chi connectivity index (χ0v) is 16.3. The van der Waals surface area contributed by atoms with Crippen LogP contribution in [0, 0.1) is 4.77 Å². The lowest BCUT2D eigenvalue weighted by molar-refractivity contribution is 0.340. The second-order valence-electron chi connectivity index (χ2n) is 6.32. The Morgan fingerprint density at radius 2 is 1.86 bits per heavy atom. The van der Waals surface area contributed by atoms with Gasteiger partial charge in [-0.3, -0.25) is 5.10 Å². The van der Waals surface area contributed by atoms with Crippen LogP contribution in [-0.2, 0) is 6.42 Å². The quantitative estimate of drug-likeness (QED) is 0.375. The van der Waals surface area contributed by atoms with E-state index < -0.39 is 0 Å². The van der Waals surface area contributed by atoms with Gasteiger partial charge in [-0.2, -0.15) is 14.9 Å². The lowest BCUT2D eigenvalue weighted by Crippen LogP contribution is -2.01. The lowest BCUT2D eigenvalue weighted by atomic mass is 10.0. The molecule has 0 amide bonds. The minimum Gasteiger partial charge on any atom is -0.494 e. The Labute approximate surface area is 168 Å². The molecule has 1 heterocycles. The number of rotatable bonds is 6. The zero-order chi connectivity index (χ0) is 19.3. The van der Waals surface area contributed by atoms with Gasteiger partial charge in [0.2, 0.25) is 4.77 Å². The highest BCUT2D eigenvalue weighted by molar-refractivity contribution is 7.71. The highest BCUT2D eigenvalue weighted by Gasteiger charge is 2.09.